The Kier molecular flexibility index (Phi) is 8.24. The van der Waals surface area contributed by atoms with E-state index >= 15 is 0 Å². The summed E-state index contributed by atoms with van der Waals surface area (Å²) in [6, 6.07) is 6.31. The first-order valence-electron chi connectivity index (χ1n) is 17.1. The van der Waals surface area contributed by atoms with Crippen LogP contribution in [-0.2, 0) is 30.0 Å². The summed E-state index contributed by atoms with van der Waals surface area (Å²) in [5.41, 5.74) is 0.474. The predicted octanol–water partition coefficient (Wildman–Crippen LogP) is 5.24. The molecular weight excluding hydrogens is 729 g/mol. The van der Waals surface area contributed by atoms with Crippen LogP contribution in [0.15, 0.2) is 53.8 Å². The Balaban J connectivity index is 1.21. The van der Waals surface area contributed by atoms with Gasteiger partial charge >= 0.3 is 6.18 Å². The number of aromatic hydroxyl groups is 1. The minimum absolute atomic E-state index is 0.0136. The Labute approximate surface area is 309 Å². The van der Waals surface area contributed by atoms with E-state index in [1.165, 1.54) is 10.8 Å². The summed E-state index contributed by atoms with van der Waals surface area (Å²) < 4.78 is 44.5. The van der Waals surface area contributed by atoms with Crippen molar-refractivity contribution in [3.05, 3.63) is 92.6 Å². The van der Waals surface area contributed by atoms with E-state index in [1.807, 2.05) is 30.8 Å². The van der Waals surface area contributed by atoms with Crippen molar-refractivity contribution in [1.82, 2.24) is 43.6 Å². The molecule has 5 aromatic heterocycles. The molecule has 0 saturated carbocycles. The second kappa shape index (κ2) is 12.6. The fourth-order valence-corrected chi connectivity index (χ4v) is 8.25. The average molecular weight is 761 g/mol. The molecule has 6 heterocycles. The smallest absolute Gasteiger partial charge is 0.416 e. The molecule has 1 saturated heterocycles. The van der Waals surface area contributed by atoms with Crippen molar-refractivity contribution in [3.8, 4) is 17.1 Å². The number of carbonyl (C=O) groups is 2. The number of hydrogen-bond acceptors (Lipinski definition) is 9. The molecule has 0 bridgehead atoms. The number of pyridine rings is 1. The Morgan fingerprint density at radius 2 is 1.89 bits per heavy atom. The zero-order valence-corrected chi connectivity index (χ0v) is 29.9. The van der Waals surface area contributed by atoms with Gasteiger partial charge < -0.3 is 24.5 Å². The van der Waals surface area contributed by atoms with Gasteiger partial charge in [0.05, 0.1) is 22.0 Å². The van der Waals surface area contributed by atoms with Gasteiger partial charge in [-0.1, -0.05) is 18.5 Å². The third-order valence-corrected chi connectivity index (χ3v) is 10.9. The van der Waals surface area contributed by atoms with Crippen LogP contribution in [0.25, 0.3) is 28.2 Å². The van der Waals surface area contributed by atoms with E-state index in [0.29, 0.717) is 41.7 Å². The summed E-state index contributed by atoms with van der Waals surface area (Å²) in [7, 11) is 1.83. The summed E-state index contributed by atoms with van der Waals surface area (Å²) in [4.78, 5) is 60.6. The van der Waals surface area contributed by atoms with Crippen molar-refractivity contribution in [2.45, 2.75) is 57.2 Å². The standard InChI is InChI=1S/C36H32ClF3N10O4/c1-18-14-35(8-11-48(12-9-35)33(54)27-29(52)19(2)42-17-43-27)26-28(18)49(16-25(51)44-24-7-6-20(13-23(24)37)36(38,39)40)34-45-30(46-50(34)32(26)53)22-15-47(3)31-21(22)5-4-10-41-31/h4-7,10,13,15,17-18,52H,8-9,11-12,14,16H2,1-3H3,(H,44,51). The van der Waals surface area contributed by atoms with E-state index in [1.54, 1.807) is 28.7 Å². The van der Waals surface area contributed by atoms with Crippen molar-refractivity contribution in [2.24, 2.45) is 7.05 Å². The monoisotopic (exact) mass is 760 g/mol. The molecule has 1 aromatic carbocycles. The lowest BCUT2D eigenvalue weighted by Gasteiger charge is -2.39. The van der Waals surface area contributed by atoms with Gasteiger partial charge in [-0.25, -0.2) is 15.0 Å². The van der Waals surface area contributed by atoms with Gasteiger partial charge in [-0.2, -0.15) is 22.7 Å². The van der Waals surface area contributed by atoms with Gasteiger partial charge in [0.25, 0.3) is 11.5 Å². The zero-order valence-electron chi connectivity index (χ0n) is 29.1. The van der Waals surface area contributed by atoms with E-state index in [9.17, 15) is 32.7 Å². The highest BCUT2D eigenvalue weighted by Gasteiger charge is 2.49. The first-order valence-corrected chi connectivity index (χ1v) is 17.5. The molecule has 1 fully saturated rings. The molecule has 8 rings (SSSR count). The number of alkyl halides is 3. The zero-order chi connectivity index (χ0) is 38.3. The third kappa shape index (κ3) is 5.64. The summed E-state index contributed by atoms with van der Waals surface area (Å²) in [6.45, 7) is 3.70. The molecule has 2 N–H and O–H groups in total. The van der Waals surface area contributed by atoms with Crippen molar-refractivity contribution in [2.75, 3.05) is 18.4 Å². The van der Waals surface area contributed by atoms with Gasteiger partial charge in [0.1, 0.15) is 18.5 Å². The molecule has 14 nitrogen and oxygen atoms in total. The maximum Gasteiger partial charge on any atom is 0.416 e. The number of hydrogen-bond donors (Lipinski definition) is 2. The fraction of sp³-hybridized carbons (Fsp3) is 0.333. The van der Waals surface area contributed by atoms with Gasteiger partial charge in [-0.3, -0.25) is 14.4 Å². The summed E-state index contributed by atoms with van der Waals surface area (Å²) in [5.74, 6) is -1.25. The number of rotatable bonds is 5. The summed E-state index contributed by atoms with van der Waals surface area (Å²) in [5, 5.41) is 18.3. The van der Waals surface area contributed by atoms with E-state index in [0.717, 1.165) is 23.6 Å². The molecule has 2 aliphatic rings. The number of likely N-dealkylation sites (tertiary alicyclic amines) is 1. The first kappa shape index (κ1) is 35.2. The molecule has 1 unspecified atom stereocenters. The van der Waals surface area contributed by atoms with Crippen LogP contribution in [0.4, 0.5) is 18.9 Å². The molecule has 1 aliphatic heterocycles. The maximum absolute atomic E-state index is 14.6. The lowest BCUT2D eigenvalue weighted by molar-refractivity contribution is -0.137. The Morgan fingerprint density at radius 3 is 2.61 bits per heavy atom. The molecule has 18 heteroatoms. The van der Waals surface area contributed by atoms with Crippen molar-refractivity contribution < 1.29 is 27.9 Å². The minimum atomic E-state index is -4.62. The first-order chi connectivity index (χ1) is 25.7. The minimum Gasteiger partial charge on any atom is -0.504 e. The number of aryl methyl sites for hydroxylation is 2. The number of anilines is 1. The van der Waals surface area contributed by atoms with Gasteiger partial charge in [0, 0.05) is 60.2 Å². The highest BCUT2D eigenvalue weighted by atomic mass is 35.5. The summed E-state index contributed by atoms with van der Waals surface area (Å²) >= 11 is 6.18. The van der Waals surface area contributed by atoms with Crippen LogP contribution in [0.5, 0.6) is 5.75 Å². The number of carbonyl (C=O) groups excluding carboxylic acids is 2. The van der Waals surface area contributed by atoms with E-state index in [-0.39, 0.29) is 65.0 Å². The Bertz CT molecular complexity index is 2590. The van der Waals surface area contributed by atoms with Gasteiger partial charge in [0.15, 0.2) is 17.3 Å². The molecule has 278 valence electrons. The van der Waals surface area contributed by atoms with Crippen LogP contribution in [0.2, 0.25) is 5.02 Å². The third-order valence-electron chi connectivity index (χ3n) is 10.5. The molecule has 1 atom stereocenters. The van der Waals surface area contributed by atoms with Crippen molar-refractivity contribution in [3.63, 3.8) is 0 Å². The number of amides is 2. The SMILES string of the molecule is Cc1ncnc(C(=O)N2CCC3(CC2)CC(C)c2c3c(=O)n3nc(-c4cn(C)c5ncccc45)nc3n2CC(=O)Nc2ccc(C(F)(F)F)cc2Cl)c1O. The number of fused-ring (bicyclic) bond motifs is 4. The lowest BCUT2D eigenvalue weighted by Crippen LogP contribution is -2.46. The van der Waals surface area contributed by atoms with Crippen LogP contribution in [0, 0.1) is 6.92 Å². The number of nitrogens with one attached hydrogen (secondary N) is 1. The van der Waals surface area contributed by atoms with Crippen molar-refractivity contribution >= 4 is 45.9 Å². The molecular formula is C36H32ClF3N10O4. The molecule has 6 aromatic rings. The number of halogens is 4. The number of benzene rings is 1. The second-order valence-electron chi connectivity index (χ2n) is 13.9. The normalized spacial score (nSPS) is 16.7. The number of aromatic nitrogens is 8. The van der Waals surface area contributed by atoms with E-state index in [2.05, 4.69) is 20.3 Å². The van der Waals surface area contributed by atoms with Gasteiger partial charge in [-0.05, 0) is 62.4 Å². The van der Waals surface area contributed by atoms with Crippen LogP contribution in [0.1, 0.15) is 65.1 Å². The van der Waals surface area contributed by atoms with Crippen molar-refractivity contribution in [1.29, 1.82) is 0 Å². The fourth-order valence-electron chi connectivity index (χ4n) is 8.02. The molecule has 2 amide bonds. The van der Waals surface area contributed by atoms with Gasteiger partial charge in [0.2, 0.25) is 11.7 Å². The Morgan fingerprint density at radius 1 is 1.13 bits per heavy atom. The van der Waals surface area contributed by atoms with Gasteiger partial charge in [-0.15, -0.1) is 5.10 Å². The van der Waals surface area contributed by atoms with Crippen LogP contribution >= 0.6 is 11.6 Å². The number of nitrogens with zero attached hydrogens (tertiary/aromatic N) is 9. The van der Waals surface area contributed by atoms with E-state index < -0.39 is 34.5 Å². The van der Waals surface area contributed by atoms with Crippen LogP contribution in [-0.4, -0.2) is 73.6 Å². The average Bonchev–Trinajstić information content (AvgIpc) is 3.81. The topological polar surface area (TPSA) is 165 Å². The lowest BCUT2D eigenvalue weighted by atomic mass is 9.73. The molecule has 1 aliphatic carbocycles. The number of piperidine rings is 1. The molecule has 54 heavy (non-hydrogen) atoms. The van der Waals surface area contributed by atoms with Crippen LogP contribution < -0.4 is 10.9 Å². The highest BCUT2D eigenvalue weighted by Crippen LogP contribution is 2.50. The largest absolute Gasteiger partial charge is 0.504 e. The van der Waals surface area contributed by atoms with Crippen LogP contribution in [0.3, 0.4) is 0 Å². The predicted molar refractivity (Wildman–Crippen MR) is 190 cm³/mol. The Hall–Kier alpha value is -5.84. The molecule has 0 radical (unpaired) electrons. The maximum atomic E-state index is 14.6. The molecule has 1 spiro atoms. The quantitative estimate of drug-likeness (QED) is 0.239. The van der Waals surface area contributed by atoms with E-state index in [4.69, 9.17) is 21.7 Å². The highest BCUT2D eigenvalue weighted by molar-refractivity contribution is 6.33. The second-order valence-corrected chi connectivity index (χ2v) is 14.3. The summed E-state index contributed by atoms with van der Waals surface area (Å²) in [6.07, 6.45) is 1.43.